The topological polar surface area (TPSA) is 107 Å². The molecule has 164 valence electrons. The molecule has 0 fully saturated rings. The standard InChI is InChI=1S/C28H17NO5/c1-12-9-15-20(19(31)10-12)24-25-22(15)23(16-11-29-17-7-3-2-5-13(16)17)28(33)34-27(25)21-14(26(24)32)6-4-8-18(21)30/h2-11,29,31-33H,1H3. The fourth-order valence-corrected chi connectivity index (χ4v) is 5.44. The van der Waals surface area contributed by atoms with E-state index >= 15 is 0 Å². The summed E-state index contributed by atoms with van der Waals surface area (Å²) in [5, 5.41) is 37.5. The van der Waals surface area contributed by atoms with Crippen LogP contribution in [0.4, 0.5) is 0 Å². The number of nitrogens with one attached hydrogen (secondary N) is 1. The van der Waals surface area contributed by atoms with Gasteiger partial charge in [0, 0.05) is 49.6 Å². The van der Waals surface area contributed by atoms with Gasteiger partial charge in [0.15, 0.2) is 11.0 Å². The normalized spacial score (nSPS) is 12.1. The Kier molecular flexibility index (Phi) is 3.43. The lowest BCUT2D eigenvalue weighted by Gasteiger charge is -2.11. The van der Waals surface area contributed by atoms with Crippen molar-refractivity contribution in [2.24, 2.45) is 0 Å². The van der Waals surface area contributed by atoms with Crippen LogP contribution < -0.4 is 5.43 Å². The Morgan fingerprint density at radius 2 is 1.59 bits per heavy atom. The third kappa shape index (κ3) is 2.17. The van der Waals surface area contributed by atoms with Crippen molar-refractivity contribution in [3.8, 4) is 28.6 Å². The first-order valence-electron chi connectivity index (χ1n) is 10.8. The van der Waals surface area contributed by atoms with E-state index in [4.69, 9.17) is 4.42 Å². The second-order valence-corrected chi connectivity index (χ2v) is 8.72. The molecule has 34 heavy (non-hydrogen) atoms. The van der Waals surface area contributed by atoms with Crippen LogP contribution in [0, 0.1) is 6.92 Å². The molecule has 0 atom stereocenters. The lowest BCUT2D eigenvalue weighted by atomic mass is 9.97. The van der Waals surface area contributed by atoms with Gasteiger partial charge in [0.25, 0.3) is 5.95 Å². The zero-order valence-electron chi connectivity index (χ0n) is 17.9. The SMILES string of the molecule is Cc1cc(O)c2c(c1)c1c(-c3c[nH]c4ccccc34)c(O)oc3c4c(=O)cccc4c(O)c2c31. The highest BCUT2D eigenvalue weighted by molar-refractivity contribution is 6.39. The van der Waals surface area contributed by atoms with Gasteiger partial charge in [-0.05, 0) is 36.1 Å². The number of aromatic nitrogens is 1. The van der Waals surface area contributed by atoms with Crippen LogP contribution in [-0.4, -0.2) is 20.3 Å². The summed E-state index contributed by atoms with van der Waals surface area (Å²) in [4.78, 5) is 16.1. The van der Waals surface area contributed by atoms with Gasteiger partial charge in [-0.15, -0.1) is 0 Å². The Bertz CT molecular complexity index is 2030. The summed E-state index contributed by atoms with van der Waals surface area (Å²) in [6.45, 7) is 1.87. The lowest BCUT2D eigenvalue weighted by molar-refractivity contribution is 0.344. The van der Waals surface area contributed by atoms with Crippen molar-refractivity contribution in [2.75, 3.05) is 0 Å². The fraction of sp³-hybridized carbons (Fsp3) is 0.0357. The van der Waals surface area contributed by atoms with Gasteiger partial charge >= 0.3 is 0 Å². The predicted molar refractivity (Wildman–Crippen MR) is 133 cm³/mol. The van der Waals surface area contributed by atoms with Crippen molar-refractivity contribution in [3.63, 3.8) is 0 Å². The van der Waals surface area contributed by atoms with Crippen molar-refractivity contribution < 1.29 is 19.7 Å². The van der Waals surface area contributed by atoms with Crippen LogP contribution in [0.25, 0.3) is 65.3 Å². The number of rotatable bonds is 1. The molecule has 4 N–H and O–H groups in total. The Hall–Kier alpha value is -4.71. The molecule has 5 aromatic carbocycles. The average Bonchev–Trinajstić information content (AvgIpc) is 3.38. The number of aromatic hydroxyl groups is 3. The van der Waals surface area contributed by atoms with Crippen LogP contribution >= 0.6 is 0 Å². The first kappa shape index (κ1) is 18.8. The van der Waals surface area contributed by atoms with E-state index in [0.29, 0.717) is 43.4 Å². The maximum absolute atomic E-state index is 12.9. The van der Waals surface area contributed by atoms with Crippen molar-refractivity contribution in [3.05, 3.63) is 76.6 Å². The summed E-state index contributed by atoms with van der Waals surface area (Å²) in [6, 6.07) is 15.8. The van der Waals surface area contributed by atoms with Gasteiger partial charge in [0.2, 0.25) is 0 Å². The third-order valence-electron chi connectivity index (χ3n) is 6.77. The molecule has 0 aliphatic rings. The highest BCUT2D eigenvalue weighted by atomic mass is 16.5. The van der Waals surface area contributed by atoms with E-state index in [1.54, 1.807) is 24.4 Å². The third-order valence-corrected chi connectivity index (χ3v) is 6.77. The number of hydrogen-bond acceptors (Lipinski definition) is 5. The van der Waals surface area contributed by atoms with Gasteiger partial charge in [0.1, 0.15) is 11.5 Å². The molecule has 7 rings (SSSR count). The summed E-state index contributed by atoms with van der Waals surface area (Å²) in [7, 11) is 0. The van der Waals surface area contributed by atoms with Crippen LogP contribution in [0.2, 0.25) is 0 Å². The molecule has 2 heterocycles. The van der Waals surface area contributed by atoms with Gasteiger partial charge in [-0.3, -0.25) is 4.79 Å². The average molecular weight is 447 g/mol. The number of phenols is 2. The van der Waals surface area contributed by atoms with Crippen LogP contribution in [0.5, 0.6) is 17.4 Å². The Labute approximate surface area is 191 Å². The molecule has 7 aromatic rings. The highest BCUT2D eigenvalue weighted by Crippen LogP contribution is 2.54. The number of hydrogen-bond donors (Lipinski definition) is 4. The summed E-state index contributed by atoms with van der Waals surface area (Å²) < 4.78 is 5.97. The quantitative estimate of drug-likeness (QED) is 0.222. The molecule has 0 aliphatic carbocycles. The van der Waals surface area contributed by atoms with Gasteiger partial charge in [-0.2, -0.15) is 0 Å². The van der Waals surface area contributed by atoms with E-state index in [1.807, 2.05) is 37.3 Å². The summed E-state index contributed by atoms with van der Waals surface area (Å²) in [5.41, 5.74) is 2.69. The minimum Gasteiger partial charge on any atom is -0.507 e. The molecule has 0 unspecified atom stereocenters. The molecule has 0 amide bonds. The zero-order chi connectivity index (χ0) is 23.3. The Morgan fingerprint density at radius 3 is 2.44 bits per heavy atom. The molecule has 0 radical (unpaired) electrons. The molecular weight excluding hydrogens is 430 g/mol. The number of aryl methyl sites for hydroxylation is 1. The summed E-state index contributed by atoms with van der Waals surface area (Å²) >= 11 is 0. The highest BCUT2D eigenvalue weighted by Gasteiger charge is 2.29. The Balaban J connectivity index is 1.86. The van der Waals surface area contributed by atoms with Crippen LogP contribution in [0.3, 0.4) is 0 Å². The smallest absolute Gasteiger partial charge is 0.291 e. The monoisotopic (exact) mass is 447 g/mol. The molecule has 6 heteroatoms. The number of H-pyrrole nitrogens is 1. The van der Waals surface area contributed by atoms with Crippen LogP contribution in [0.15, 0.2) is 70.0 Å². The predicted octanol–water partition coefficient (Wildman–Crippen LogP) is 6.26. The molecule has 0 saturated heterocycles. The first-order valence-corrected chi connectivity index (χ1v) is 10.8. The molecule has 0 spiro atoms. The number of aromatic amines is 1. The number of para-hydroxylation sites is 1. The molecule has 6 nitrogen and oxygen atoms in total. The van der Waals surface area contributed by atoms with Gasteiger partial charge in [0.05, 0.1) is 10.9 Å². The van der Waals surface area contributed by atoms with E-state index in [1.165, 1.54) is 6.07 Å². The number of benzene rings is 4. The molecule has 0 saturated carbocycles. The van der Waals surface area contributed by atoms with E-state index in [2.05, 4.69) is 4.98 Å². The number of fused-ring (bicyclic) bond motifs is 6. The molecular formula is C28H17NO5. The first-order chi connectivity index (χ1) is 16.5. The van der Waals surface area contributed by atoms with Crippen LogP contribution in [-0.2, 0) is 0 Å². The molecule has 0 bridgehead atoms. The maximum atomic E-state index is 12.9. The van der Waals surface area contributed by atoms with E-state index in [9.17, 15) is 20.1 Å². The number of phenolic OH excluding ortho intramolecular Hbond substituents is 2. The van der Waals surface area contributed by atoms with E-state index < -0.39 is 0 Å². The Morgan fingerprint density at radius 1 is 0.794 bits per heavy atom. The fourth-order valence-electron chi connectivity index (χ4n) is 5.44. The molecule has 2 aromatic heterocycles. The largest absolute Gasteiger partial charge is 0.507 e. The second-order valence-electron chi connectivity index (χ2n) is 8.72. The van der Waals surface area contributed by atoms with Gasteiger partial charge < -0.3 is 24.7 Å². The lowest BCUT2D eigenvalue weighted by Crippen LogP contribution is -1.99. The van der Waals surface area contributed by atoms with Gasteiger partial charge in [-0.25, -0.2) is 0 Å². The molecule has 0 aliphatic heterocycles. The van der Waals surface area contributed by atoms with Crippen molar-refractivity contribution >= 4 is 54.2 Å². The van der Waals surface area contributed by atoms with Gasteiger partial charge in [-0.1, -0.05) is 36.4 Å². The van der Waals surface area contributed by atoms with E-state index in [0.717, 1.165) is 16.5 Å². The van der Waals surface area contributed by atoms with Crippen LogP contribution in [0.1, 0.15) is 5.56 Å². The minimum absolute atomic E-state index is 0.00444. The maximum Gasteiger partial charge on any atom is 0.291 e. The summed E-state index contributed by atoms with van der Waals surface area (Å²) in [5.74, 6) is -0.447. The summed E-state index contributed by atoms with van der Waals surface area (Å²) in [6.07, 6.45) is 1.80. The minimum atomic E-state index is -0.345. The van der Waals surface area contributed by atoms with Crippen molar-refractivity contribution in [1.29, 1.82) is 0 Å². The van der Waals surface area contributed by atoms with Crippen molar-refractivity contribution in [1.82, 2.24) is 4.98 Å². The van der Waals surface area contributed by atoms with Crippen molar-refractivity contribution in [2.45, 2.75) is 6.92 Å². The zero-order valence-corrected chi connectivity index (χ0v) is 17.9. The van der Waals surface area contributed by atoms with E-state index in [-0.39, 0.29) is 33.8 Å². The second kappa shape index (κ2) is 6.20.